The molecule has 10 aromatic rings. The fourth-order valence-corrected chi connectivity index (χ4v) is 11.2. The van der Waals surface area contributed by atoms with E-state index in [2.05, 4.69) is 228 Å². The summed E-state index contributed by atoms with van der Waals surface area (Å²) in [4.78, 5) is 2.48. The Labute approximate surface area is 369 Å². The number of para-hydroxylation sites is 2. The van der Waals surface area contributed by atoms with Crippen LogP contribution in [0.2, 0.25) is 0 Å². The van der Waals surface area contributed by atoms with Crippen LogP contribution in [0.15, 0.2) is 212 Å². The molecule has 9 aromatic carbocycles. The maximum atomic E-state index is 2.50. The van der Waals surface area contributed by atoms with Crippen molar-refractivity contribution in [2.75, 3.05) is 4.90 Å². The number of fused-ring (bicyclic) bond motifs is 14. The minimum atomic E-state index is -0.419. The minimum Gasteiger partial charge on any atom is -0.310 e. The second-order valence-electron chi connectivity index (χ2n) is 16.7. The van der Waals surface area contributed by atoms with Crippen LogP contribution in [0.4, 0.5) is 17.1 Å². The van der Waals surface area contributed by atoms with E-state index in [4.69, 9.17) is 0 Å². The predicted molar refractivity (Wildman–Crippen MR) is 266 cm³/mol. The van der Waals surface area contributed by atoms with Gasteiger partial charge in [-0.05, 0) is 134 Å². The Morgan fingerprint density at radius 2 is 1.00 bits per heavy atom. The van der Waals surface area contributed by atoms with Gasteiger partial charge in [-0.2, -0.15) is 0 Å². The molecule has 0 N–H and O–H groups in total. The lowest BCUT2D eigenvalue weighted by molar-refractivity contribution is 0.793. The maximum Gasteiger partial charge on any atom is 0.0726 e. The summed E-state index contributed by atoms with van der Waals surface area (Å²) < 4.78 is 2.44. The van der Waals surface area contributed by atoms with Crippen LogP contribution >= 0.6 is 0 Å². The lowest BCUT2D eigenvalue weighted by Crippen LogP contribution is -2.26. The van der Waals surface area contributed by atoms with E-state index in [9.17, 15) is 0 Å². The number of hydrogen-bond donors (Lipinski definition) is 0. The van der Waals surface area contributed by atoms with Crippen molar-refractivity contribution in [3.63, 3.8) is 0 Å². The Morgan fingerprint density at radius 1 is 0.444 bits per heavy atom. The van der Waals surface area contributed by atoms with E-state index in [0.29, 0.717) is 0 Å². The summed E-state index contributed by atoms with van der Waals surface area (Å²) in [6.07, 6.45) is 4.45. The average molecular weight is 807 g/mol. The van der Waals surface area contributed by atoms with Gasteiger partial charge in [-0.15, -0.1) is 0 Å². The number of allylic oxidation sites excluding steroid dienone is 1. The van der Waals surface area contributed by atoms with Gasteiger partial charge in [-0.1, -0.05) is 178 Å². The first-order valence-corrected chi connectivity index (χ1v) is 22.5. The van der Waals surface area contributed by atoms with Crippen molar-refractivity contribution in [2.45, 2.75) is 32.1 Å². The summed E-state index contributed by atoms with van der Waals surface area (Å²) in [5.41, 5.74) is 21.5. The third kappa shape index (κ3) is 5.44. The van der Waals surface area contributed by atoms with E-state index < -0.39 is 5.41 Å². The van der Waals surface area contributed by atoms with Crippen LogP contribution in [-0.2, 0) is 11.8 Å². The Balaban J connectivity index is 0.00000208. The van der Waals surface area contributed by atoms with Gasteiger partial charge in [0, 0.05) is 27.8 Å². The van der Waals surface area contributed by atoms with Crippen molar-refractivity contribution in [3.05, 3.63) is 251 Å². The van der Waals surface area contributed by atoms with Crippen molar-refractivity contribution in [2.24, 2.45) is 0 Å². The third-order valence-corrected chi connectivity index (χ3v) is 13.7. The summed E-state index contributed by atoms with van der Waals surface area (Å²) in [5, 5.41) is 3.80. The second kappa shape index (κ2) is 14.8. The van der Waals surface area contributed by atoms with Gasteiger partial charge in [0.2, 0.25) is 0 Å². The molecule has 0 radical (unpaired) electrons. The fraction of sp³-hybridized carbons (Fsp3) is 0.0820. The molecule has 0 saturated heterocycles. The van der Waals surface area contributed by atoms with Crippen molar-refractivity contribution in [1.29, 1.82) is 0 Å². The van der Waals surface area contributed by atoms with Gasteiger partial charge in [0.05, 0.1) is 22.3 Å². The largest absolute Gasteiger partial charge is 0.310 e. The van der Waals surface area contributed by atoms with Gasteiger partial charge < -0.3 is 9.47 Å². The van der Waals surface area contributed by atoms with Crippen LogP contribution in [-0.4, -0.2) is 4.57 Å². The van der Waals surface area contributed by atoms with Crippen molar-refractivity contribution >= 4 is 50.4 Å². The van der Waals surface area contributed by atoms with Crippen molar-refractivity contribution < 1.29 is 0 Å². The molecule has 1 spiro atoms. The molecule has 0 saturated carbocycles. The van der Waals surface area contributed by atoms with E-state index >= 15 is 0 Å². The van der Waals surface area contributed by atoms with Crippen molar-refractivity contribution in [3.8, 4) is 27.9 Å². The lowest BCUT2D eigenvalue weighted by Gasteiger charge is -2.32. The van der Waals surface area contributed by atoms with Crippen LogP contribution in [0.1, 0.15) is 59.3 Å². The molecule has 1 heterocycles. The van der Waals surface area contributed by atoms with Gasteiger partial charge >= 0.3 is 0 Å². The van der Waals surface area contributed by atoms with Gasteiger partial charge in [-0.25, -0.2) is 0 Å². The van der Waals surface area contributed by atoms with E-state index in [1.54, 1.807) is 0 Å². The summed E-state index contributed by atoms with van der Waals surface area (Å²) in [5.74, 6) is 0. The van der Waals surface area contributed by atoms with Crippen LogP contribution in [0.5, 0.6) is 0 Å². The molecule has 0 atom stereocenters. The SMILES string of the molecule is C1=C(c2ccc(N(c3ccc4c(c3)C3(c5ccccc5-c5ccccc53)c3ccccc3-4)c3cccc4ccccc34)cc2)CCc2c1n(-c1ccccc1)c1ccccc21.CC. The number of rotatable bonds is 5. The Kier molecular flexibility index (Phi) is 8.69. The topological polar surface area (TPSA) is 8.17 Å². The van der Waals surface area contributed by atoms with E-state index in [0.717, 1.165) is 29.9 Å². The smallest absolute Gasteiger partial charge is 0.0726 e. The van der Waals surface area contributed by atoms with E-state index in [-0.39, 0.29) is 0 Å². The molecule has 0 amide bonds. The number of anilines is 3. The highest BCUT2D eigenvalue weighted by atomic mass is 15.1. The summed E-state index contributed by atoms with van der Waals surface area (Å²) >= 11 is 0. The molecule has 13 rings (SSSR count). The van der Waals surface area contributed by atoms with Crippen LogP contribution in [0.25, 0.3) is 61.3 Å². The Morgan fingerprint density at radius 3 is 1.70 bits per heavy atom. The van der Waals surface area contributed by atoms with Gasteiger partial charge in [0.15, 0.2) is 0 Å². The van der Waals surface area contributed by atoms with Gasteiger partial charge in [-0.3, -0.25) is 0 Å². The highest BCUT2D eigenvalue weighted by Gasteiger charge is 2.51. The quantitative estimate of drug-likeness (QED) is 0.168. The fourth-order valence-electron chi connectivity index (χ4n) is 11.2. The normalized spacial score (nSPS) is 13.7. The first kappa shape index (κ1) is 37.1. The molecule has 2 heteroatoms. The number of benzene rings is 9. The molecule has 2 nitrogen and oxygen atoms in total. The zero-order valence-corrected chi connectivity index (χ0v) is 35.6. The number of nitrogens with zero attached hydrogens (tertiary/aromatic N) is 2. The summed E-state index contributed by atoms with van der Waals surface area (Å²) in [7, 11) is 0. The number of aryl methyl sites for hydroxylation is 1. The molecule has 3 aliphatic rings. The Hall–Kier alpha value is -7.68. The van der Waals surface area contributed by atoms with Crippen LogP contribution < -0.4 is 4.90 Å². The minimum absolute atomic E-state index is 0.419. The predicted octanol–water partition coefficient (Wildman–Crippen LogP) is 16.1. The molecular weight excluding hydrogens is 761 g/mol. The third-order valence-electron chi connectivity index (χ3n) is 13.7. The first-order valence-electron chi connectivity index (χ1n) is 22.5. The molecule has 300 valence electrons. The second-order valence-corrected chi connectivity index (χ2v) is 16.7. The average Bonchev–Trinajstić information content (AvgIpc) is 3.97. The Bertz CT molecular complexity index is 3350. The molecular formula is C61H46N2. The standard InChI is InChI=1S/C59H40N2.C2H6/c1-2-17-42(18-3-1)61-57-27-13-9-23-50(57)51-35-31-41(37-58(51)61)39-29-32-43(33-30-39)60(56-28-14-16-40-15-4-5-19-45(40)56)44-34-36-49-48-22-8-12-26-54(48)59(55(49)38-44)52-24-10-6-20-46(52)47-21-7-11-25-53(47)59;1-2/h1-30,32-34,36-38H,31,35H2;1-2H3. The first-order chi connectivity index (χ1) is 31.3. The molecule has 0 unspecified atom stereocenters. The maximum absolute atomic E-state index is 2.50. The van der Waals surface area contributed by atoms with Gasteiger partial charge in [0.25, 0.3) is 0 Å². The number of aromatic nitrogens is 1. The van der Waals surface area contributed by atoms with Crippen LogP contribution in [0, 0.1) is 0 Å². The molecule has 0 fully saturated rings. The number of hydrogen-bond acceptors (Lipinski definition) is 1. The summed E-state index contributed by atoms with van der Waals surface area (Å²) in [6.45, 7) is 4.00. The highest BCUT2D eigenvalue weighted by molar-refractivity contribution is 6.01. The lowest BCUT2D eigenvalue weighted by atomic mass is 9.70. The summed E-state index contributed by atoms with van der Waals surface area (Å²) in [6, 6.07) is 78.9. The monoisotopic (exact) mass is 806 g/mol. The van der Waals surface area contributed by atoms with E-state index in [1.165, 1.54) is 94.3 Å². The highest BCUT2D eigenvalue weighted by Crippen LogP contribution is 2.63. The van der Waals surface area contributed by atoms with Crippen LogP contribution in [0.3, 0.4) is 0 Å². The van der Waals surface area contributed by atoms with Gasteiger partial charge in [0.1, 0.15) is 0 Å². The zero-order valence-electron chi connectivity index (χ0n) is 35.6. The molecule has 3 aliphatic carbocycles. The molecule has 0 bridgehead atoms. The van der Waals surface area contributed by atoms with E-state index in [1.807, 2.05) is 13.8 Å². The molecule has 0 aliphatic heterocycles. The molecule has 63 heavy (non-hydrogen) atoms. The zero-order chi connectivity index (χ0) is 42.1. The van der Waals surface area contributed by atoms with Crippen molar-refractivity contribution in [1.82, 2.24) is 4.57 Å². The molecule has 1 aromatic heterocycles.